The second-order valence-corrected chi connectivity index (χ2v) is 8.82. The molecule has 0 atom stereocenters. The molecular formula is C19H26BNO4. The SMILES string of the molecule is Cc1cc(B2OC(C)(C)C(C)(C)O2)ccc1C(=O)N1CC2(COC2)C1. The van der Waals surface area contributed by atoms with Crippen molar-refractivity contribution in [3.8, 4) is 0 Å². The number of amides is 1. The summed E-state index contributed by atoms with van der Waals surface area (Å²) in [6.45, 7) is 13.3. The van der Waals surface area contributed by atoms with Crippen LogP contribution in [0.25, 0.3) is 0 Å². The Bertz CT molecular complexity index is 702. The standard InChI is InChI=1S/C19H26BNO4/c1-13-8-14(20-24-17(2,3)18(4,5)25-20)6-7-15(13)16(22)21-9-19(10-21)11-23-12-19/h6-8H,9-12H2,1-5H3. The Labute approximate surface area is 149 Å². The third-order valence-electron chi connectivity index (χ3n) is 6.16. The summed E-state index contributed by atoms with van der Waals surface area (Å²) in [6.07, 6.45) is 0. The Morgan fingerprint density at radius 3 is 2.16 bits per heavy atom. The molecule has 1 spiro atoms. The average molecular weight is 343 g/mol. The first-order chi connectivity index (χ1) is 11.6. The van der Waals surface area contributed by atoms with E-state index in [9.17, 15) is 4.79 Å². The molecule has 4 rings (SSSR count). The summed E-state index contributed by atoms with van der Waals surface area (Å²) >= 11 is 0. The molecule has 0 aliphatic carbocycles. The van der Waals surface area contributed by atoms with Crippen LogP contribution < -0.4 is 5.46 Å². The number of likely N-dealkylation sites (tertiary alicyclic amines) is 1. The van der Waals surface area contributed by atoms with Crippen LogP contribution in [0.3, 0.4) is 0 Å². The summed E-state index contributed by atoms with van der Waals surface area (Å²) < 4.78 is 17.5. The van der Waals surface area contributed by atoms with Gasteiger partial charge in [0.1, 0.15) is 0 Å². The van der Waals surface area contributed by atoms with Crippen molar-refractivity contribution in [1.29, 1.82) is 0 Å². The van der Waals surface area contributed by atoms with Gasteiger partial charge in [-0.05, 0) is 51.7 Å². The van der Waals surface area contributed by atoms with Crippen molar-refractivity contribution >= 4 is 18.5 Å². The maximum absolute atomic E-state index is 12.7. The van der Waals surface area contributed by atoms with Gasteiger partial charge >= 0.3 is 7.12 Å². The zero-order chi connectivity index (χ0) is 18.0. The molecule has 0 saturated carbocycles. The molecule has 3 aliphatic rings. The van der Waals surface area contributed by atoms with Crippen LogP contribution in [0, 0.1) is 12.3 Å². The zero-order valence-corrected chi connectivity index (χ0v) is 15.7. The van der Waals surface area contributed by atoms with Crippen LogP contribution in [-0.4, -0.2) is 55.4 Å². The molecule has 1 aromatic carbocycles. The predicted octanol–water partition coefficient (Wildman–Crippen LogP) is 1.77. The second-order valence-electron chi connectivity index (χ2n) is 8.82. The highest BCUT2D eigenvalue weighted by atomic mass is 16.7. The van der Waals surface area contributed by atoms with Crippen molar-refractivity contribution in [2.45, 2.75) is 45.8 Å². The summed E-state index contributed by atoms with van der Waals surface area (Å²) in [5.41, 5.74) is 2.19. The summed E-state index contributed by atoms with van der Waals surface area (Å²) in [4.78, 5) is 14.7. The predicted molar refractivity (Wildman–Crippen MR) is 96.1 cm³/mol. The second kappa shape index (κ2) is 5.32. The Balaban J connectivity index is 1.49. The molecule has 3 fully saturated rings. The molecule has 1 aromatic rings. The van der Waals surface area contributed by atoms with Crippen LogP contribution in [0.5, 0.6) is 0 Å². The van der Waals surface area contributed by atoms with Crippen molar-refractivity contribution < 1.29 is 18.8 Å². The Morgan fingerprint density at radius 2 is 1.68 bits per heavy atom. The Kier molecular flexibility index (Phi) is 3.63. The summed E-state index contributed by atoms with van der Waals surface area (Å²) in [6, 6.07) is 5.86. The Morgan fingerprint density at radius 1 is 1.08 bits per heavy atom. The van der Waals surface area contributed by atoms with Crippen LogP contribution in [0.15, 0.2) is 18.2 Å². The fraction of sp³-hybridized carbons (Fsp3) is 0.632. The number of hydrogen-bond donors (Lipinski definition) is 0. The van der Waals surface area contributed by atoms with Crippen LogP contribution in [-0.2, 0) is 14.0 Å². The molecule has 3 heterocycles. The molecule has 0 N–H and O–H groups in total. The monoisotopic (exact) mass is 343 g/mol. The first-order valence-electron chi connectivity index (χ1n) is 8.96. The number of carbonyl (C=O) groups is 1. The van der Waals surface area contributed by atoms with Crippen molar-refractivity contribution in [1.82, 2.24) is 4.90 Å². The molecular weight excluding hydrogens is 317 g/mol. The van der Waals surface area contributed by atoms with Crippen molar-refractivity contribution in [3.05, 3.63) is 29.3 Å². The van der Waals surface area contributed by atoms with E-state index in [1.54, 1.807) is 0 Å². The fourth-order valence-corrected chi connectivity index (χ4v) is 3.70. The van der Waals surface area contributed by atoms with Gasteiger partial charge in [0.2, 0.25) is 0 Å². The van der Waals surface area contributed by atoms with Crippen molar-refractivity contribution in [2.24, 2.45) is 5.41 Å². The molecule has 134 valence electrons. The van der Waals surface area contributed by atoms with Gasteiger partial charge in [-0.1, -0.05) is 12.1 Å². The lowest BCUT2D eigenvalue weighted by atomic mass is 9.76. The number of ether oxygens (including phenoxy) is 1. The summed E-state index contributed by atoms with van der Waals surface area (Å²) in [5, 5.41) is 0. The third kappa shape index (κ3) is 2.62. The van der Waals surface area contributed by atoms with Crippen LogP contribution in [0.1, 0.15) is 43.6 Å². The lowest BCUT2D eigenvalue weighted by Gasteiger charge is -2.55. The van der Waals surface area contributed by atoms with E-state index in [4.69, 9.17) is 14.0 Å². The number of carbonyl (C=O) groups excluding carboxylic acids is 1. The van der Waals surface area contributed by atoms with Crippen molar-refractivity contribution in [2.75, 3.05) is 26.3 Å². The highest BCUT2D eigenvalue weighted by molar-refractivity contribution is 6.62. The minimum atomic E-state index is -0.396. The van der Waals surface area contributed by atoms with Gasteiger partial charge in [0, 0.05) is 18.7 Å². The topological polar surface area (TPSA) is 48.0 Å². The van der Waals surface area contributed by atoms with Crippen molar-refractivity contribution in [3.63, 3.8) is 0 Å². The molecule has 3 aliphatic heterocycles. The van der Waals surface area contributed by atoms with E-state index < -0.39 is 7.12 Å². The van der Waals surface area contributed by atoms with Gasteiger partial charge in [-0.15, -0.1) is 0 Å². The highest BCUT2D eigenvalue weighted by Crippen LogP contribution is 2.39. The van der Waals surface area contributed by atoms with E-state index in [1.807, 2.05) is 57.7 Å². The number of benzene rings is 1. The third-order valence-corrected chi connectivity index (χ3v) is 6.16. The quantitative estimate of drug-likeness (QED) is 0.768. The lowest BCUT2D eigenvalue weighted by Crippen LogP contribution is -2.67. The normalized spacial score (nSPS) is 25.6. The van der Waals surface area contributed by atoms with Crippen LogP contribution in [0.2, 0.25) is 0 Å². The van der Waals surface area contributed by atoms with Gasteiger partial charge in [0.25, 0.3) is 5.91 Å². The molecule has 6 heteroatoms. The maximum atomic E-state index is 12.7. The fourth-order valence-electron chi connectivity index (χ4n) is 3.70. The average Bonchev–Trinajstić information content (AvgIpc) is 2.64. The first kappa shape index (κ1) is 17.1. The van der Waals surface area contributed by atoms with Gasteiger partial charge < -0.3 is 18.9 Å². The number of aryl methyl sites for hydroxylation is 1. The maximum Gasteiger partial charge on any atom is 0.494 e. The highest BCUT2D eigenvalue weighted by Gasteiger charge is 2.52. The summed E-state index contributed by atoms with van der Waals surface area (Å²) in [5.74, 6) is 0.107. The molecule has 25 heavy (non-hydrogen) atoms. The largest absolute Gasteiger partial charge is 0.494 e. The number of hydrogen-bond acceptors (Lipinski definition) is 4. The van der Waals surface area contributed by atoms with E-state index in [2.05, 4.69) is 0 Å². The molecule has 0 bridgehead atoms. The summed E-state index contributed by atoms with van der Waals surface area (Å²) in [7, 11) is -0.396. The van der Waals surface area contributed by atoms with E-state index in [0.29, 0.717) is 0 Å². The minimum absolute atomic E-state index is 0.107. The first-order valence-corrected chi connectivity index (χ1v) is 8.96. The molecule has 5 nitrogen and oxygen atoms in total. The van der Waals surface area contributed by atoms with E-state index in [0.717, 1.165) is 42.9 Å². The van der Waals surface area contributed by atoms with Crippen LogP contribution >= 0.6 is 0 Å². The molecule has 0 unspecified atom stereocenters. The molecule has 0 aromatic heterocycles. The van der Waals surface area contributed by atoms with E-state index in [1.165, 1.54) is 0 Å². The van der Waals surface area contributed by atoms with E-state index >= 15 is 0 Å². The van der Waals surface area contributed by atoms with Crippen LogP contribution in [0.4, 0.5) is 0 Å². The molecule has 3 saturated heterocycles. The smallest absolute Gasteiger partial charge is 0.399 e. The number of nitrogens with zero attached hydrogens (tertiary/aromatic N) is 1. The Hall–Kier alpha value is -1.37. The van der Waals surface area contributed by atoms with E-state index in [-0.39, 0.29) is 22.5 Å². The van der Waals surface area contributed by atoms with Gasteiger partial charge in [-0.3, -0.25) is 4.79 Å². The van der Waals surface area contributed by atoms with Gasteiger partial charge in [-0.25, -0.2) is 0 Å². The minimum Gasteiger partial charge on any atom is -0.399 e. The van der Waals surface area contributed by atoms with Gasteiger partial charge in [-0.2, -0.15) is 0 Å². The number of rotatable bonds is 2. The molecule has 0 radical (unpaired) electrons. The zero-order valence-electron chi connectivity index (χ0n) is 15.7. The lowest BCUT2D eigenvalue weighted by molar-refractivity contribution is -0.176. The molecule has 1 amide bonds. The van der Waals surface area contributed by atoms with Gasteiger partial charge in [0.15, 0.2) is 0 Å². The van der Waals surface area contributed by atoms with Gasteiger partial charge in [0.05, 0.1) is 29.8 Å².